The molecule has 0 saturated carbocycles. The number of carbonyl (C=O) groups excluding carboxylic acids is 1. The molecule has 0 saturated heterocycles. The summed E-state index contributed by atoms with van der Waals surface area (Å²) >= 11 is 0. The van der Waals surface area contributed by atoms with Crippen LogP contribution in [0.25, 0.3) is 0 Å². The lowest BCUT2D eigenvalue weighted by atomic mass is 9.85. The van der Waals surface area contributed by atoms with Crippen LogP contribution in [-0.4, -0.2) is 28.3 Å². The number of nitrogens with zero attached hydrogens (tertiary/aromatic N) is 2. The molecular weight excluding hydrogens is 252 g/mol. The summed E-state index contributed by atoms with van der Waals surface area (Å²) in [5.41, 5.74) is 0.635. The van der Waals surface area contributed by atoms with Crippen LogP contribution in [0.15, 0.2) is 12.3 Å². The molecule has 0 spiro atoms. The highest BCUT2D eigenvalue weighted by Crippen LogP contribution is 2.24. The molecule has 1 aromatic heterocycles. The maximum atomic E-state index is 12.4. The van der Waals surface area contributed by atoms with Crippen LogP contribution < -0.4 is 0 Å². The van der Waals surface area contributed by atoms with E-state index in [4.69, 9.17) is 4.74 Å². The summed E-state index contributed by atoms with van der Waals surface area (Å²) in [6, 6.07) is 2.29. The molecule has 2 atom stereocenters. The van der Waals surface area contributed by atoms with Crippen molar-refractivity contribution < 1.29 is 9.53 Å². The summed E-state index contributed by atoms with van der Waals surface area (Å²) in [5, 5.41) is 4.49. The SMILES string of the molecule is CCOC(C(=O)Cc1ccn(C(C)CC)n1)C(C)(C)C. The average molecular weight is 280 g/mol. The Hall–Kier alpha value is -1.16. The Morgan fingerprint density at radius 3 is 2.55 bits per heavy atom. The van der Waals surface area contributed by atoms with Gasteiger partial charge >= 0.3 is 0 Å². The number of hydrogen-bond acceptors (Lipinski definition) is 3. The molecule has 0 bridgehead atoms. The molecule has 0 amide bonds. The van der Waals surface area contributed by atoms with E-state index in [1.54, 1.807) is 0 Å². The van der Waals surface area contributed by atoms with Gasteiger partial charge in [-0.3, -0.25) is 9.48 Å². The second-order valence-corrected chi connectivity index (χ2v) is 6.39. The maximum absolute atomic E-state index is 12.4. The van der Waals surface area contributed by atoms with Gasteiger partial charge in [0.1, 0.15) is 6.10 Å². The van der Waals surface area contributed by atoms with Crippen molar-refractivity contribution in [1.82, 2.24) is 9.78 Å². The van der Waals surface area contributed by atoms with E-state index in [9.17, 15) is 4.79 Å². The van der Waals surface area contributed by atoms with Crippen LogP contribution in [0.5, 0.6) is 0 Å². The zero-order chi connectivity index (χ0) is 15.3. The number of ketones is 1. The van der Waals surface area contributed by atoms with Crippen molar-refractivity contribution in [3.05, 3.63) is 18.0 Å². The van der Waals surface area contributed by atoms with Crippen molar-refractivity contribution in [2.75, 3.05) is 6.61 Å². The van der Waals surface area contributed by atoms with Gasteiger partial charge in [0.05, 0.1) is 12.1 Å². The fourth-order valence-electron chi connectivity index (χ4n) is 2.17. The monoisotopic (exact) mass is 280 g/mol. The van der Waals surface area contributed by atoms with E-state index in [1.165, 1.54) is 0 Å². The van der Waals surface area contributed by atoms with E-state index >= 15 is 0 Å². The first-order valence-electron chi connectivity index (χ1n) is 7.47. The van der Waals surface area contributed by atoms with E-state index in [1.807, 2.05) is 44.6 Å². The Bertz CT molecular complexity index is 432. The van der Waals surface area contributed by atoms with Gasteiger partial charge in [-0.2, -0.15) is 5.10 Å². The number of hydrogen-bond donors (Lipinski definition) is 0. The first-order valence-corrected chi connectivity index (χ1v) is 7.47. The van der Waals surface area contributed by atoms with Crippen LogP contribution in [-0.2, 0) is 16.0 Å². The molecule has 1 rings (SSSR count). The van der Waals surface area contributed by atoms with Gasteiger partial charge in [0.15, 0.2) is 5.78 Å². The van der Waals surface area contributed by atoms with E-state index < -0.39 is 0 Å². The molecule has 0 aliphatic heterocycles. The third kappa shape index (κ3) is 4.44. The number of ether oxygens (including phenoxy) is 1. The molecule has 0 aromatic carbocycles. The van der Waals surface area contributed by atoms with Crippen molar-refractivity contribution in [2.45, 2.75) is 66.5 Å². The minimum Gasteiger partial charge on any atom is -0.370 e. The lowest BCUT2D eigenvalue weighted by Gasteiger charge is -2.28. The smallest absolute Gasteiger partial charge is 0.168 e. The summed E-state index contributed by atoms with van der Waals surface area (Å²) in [5.74, 6) is 0.105. The first-order chi connectivity index (χ1) is 9.29. The molecular formula is C16H28N2O2. The number of aromatic nitrogens is 2. The largest absolute Gasteiger partial charge is 0.370 e. The van der Waals surface area contributed by atoms with Crippen molar-refractivity contribution >= 4 is 5.78 Å². The Labute approximate surface area is 122 Å². The van der Waals surface area contributed by atoms with Gasteiger partial charge in [-0.25, -0.2) is 0 Å². The summed E-state index contributed by atoms with van der Waals surface area (Å²) in [7, 11) is 0. The summed E-state index contributed by atoms with van der Waals surface area (Å²) < 4.78 is 7.56. The predicted molar refractivity (Wildman–Crippen MR) is 80.8 cm³/mol. The number of rotatable bonds is 7. The molecule has 0 fully saturated rings. The molecule has 4 heteroatoms. The molecule has 0 radical (unpaired) electrons. The fourth-order valence-corrected chi connectivity index (χ4v) is 2.17. The topological polar surface area (TPSA) is 44.1 Å². The molecule has 1 heterocycles. The summed E-state index contributed by atoms with van der Waals surface area (Å²) in [4.78, 5) is 12.4. The zero-order valence-corrected chi connectivity index (χ0v) is 13.6. The second kappa shape index (κ2) is 7.02. The molecule has 2 unspecified atom stereocenters. The van der Waals surface area contributed by atoms with Crippen LogP contribution in [0.1, 0.15) is 59.7 Å². The molecule has 20 heavy (non-hydrogen) atoms. The van der Waals surface area contributed by atoms with Gasteiger partial charge in [-0.1, -0.05) is 27.7 Å². The molecule has 0 aliphatic carbocycles. The Balaban J connectivity index is 2.76. The standard InChI is InChI=1S/C16H28N2O2/c1-7-12(3)18-10-9-13(17-18)11-14(19)15(20-8-2)16(4,5)6/h9-10,12,15H,7-8,11H2,1-6H3. The van der Waals surface area contributed by atoms with Gasteiger partial charge < -0.3 is 4.74 Å². The lowest BCUT2D eigenvalue weighted by Crippen LogP contribution is -2.38. The van der Waals surface area contributed by atoms with E-state index in [0.717, 1.165) is 12.1 Å². The van der Waals surface area contributed by atoms with Crippen LogP contribution in [0.2, 0.25) is 0 Å². The predicted octanol–water partition coefficient (Wildman–Crippen LogP) is 3.42. The summed E-state index contributed by atoms with van der Waals surface area (Å²) in [6.45, 7) is 12.8. The van der Waals surface area contributed by atoms with Gasteiger partial charge in [0, 0.05) is 18.8 Å². The zero-order valence-electron chi connectivity index (χ0n) is 13.6. The number of Topliss-reactive ketones (excluding diaryl/α,β-unsaturated/α-hetero) is 1. The van der Waals surface area contributed by atoms with Gasteiger partial charge in [0.2, 0.25) is 0 Å². The van der Waals surface area contributed by atoms with Crippen molar-refractivity contribution in [3.63, 3.8) is 0 Å². The van der Waals surface area contributed by atoms with Crippen molar-refractivity contribution in [1.29, 1.82) is 0 Å². The quantitative estimate of drug-likeness (QED) is 0.768. The third-order valence-electron chi connectivity index (χ3n) is 3.47. The van der Waals surface area contributed by atoms with E-state index in [-0.39, 0.29) is 17.3 Å². The van der Waals surface area contributed by atoms with Crippen LogP contribution in [0.4, 0.5) is 0 Å². The highest BCUT2D eigenvalue weighted by Gasteiger charge is 2.31. The summed E-state index contributed by atoms with van der Waals surface area (Å²) in [6.07, 6.45) is 2.94. The Kier molecular flexibility index (Phi) is 5.93. The van der Waals surface area contributed by atoms with Gasteiger partial charge in [-0.05, 0) is 31.7 Å². The Morgan fingerprint density at radius 2 is 2.05 bits per heavy atom. The van der Waals surface area contributed by atoms with Crippen molar-refractivity contribution in [2.24, 2.45) is 5.41 Å². The third-order valence-corrected chi connectivity index (χ3v) is 3.47. The maximum Gasteiger partial charge on any atom is 0.168 e. The molecule has 1 aromatic rings. The molecule has 4 nitrogen and oxygen atoms in total. The second-order valence-electron chi connectivity index (χ2n) is 6.39. The highest BCUT2D eigenvalue weighted by atomic mass is 16.5. The fraction of sp³-hybridized carbons (Fsp3) is 0.750. The van der Waals surface area contributed by atoms with Crippen LogP contribution in [0, 0.1) is 5.41 Å². The average Bonchev–Trinajstić information content (AvgIpc) is 2.81. The minimum atomic E-state index is -0.374. The molecule has 0 aliphatic rings. The molecule has 114 valence electrons. The van der Waals surface area contributed by atoms with Crippen LogP contribution in [0.3, 0.4) is 0 Å². The first kappa shape index (κ1) is 16.9. The van der Waals surface area contributed by atoms with E-state index in [0.29, 0.717) is 19.1 Å². The van der Waals surface area contributed by atoms with E-state index in [2.05, 4.69) is 18.9 Å². The van der Waals surface area contributed by atoms with Crippen molar-refractivity contribution in [3.8, 4) is 0 Å². The lowest BCUT2D eigenvalue weighted by molar-refractivity contribution is -0.136. The minimum absolute atomic E-state index is 0.105. The van der Waals surface area contributed by atoms with Crippen LogP contribution >= 0.6 is 0 Å². The Morgan fingerprint density at radius 1 is 1.40 bits per heavy atom. The normalized spacial score (nSPS) is 15.1. The van der Waals surface area contributed by atoms with Gasteiger partial charge in [-0.15, -0.1) is 0 Å². The number of carbonyl (C=O) groups is 1. The highest BCUT2D eigenvalue weighted by molar-refractivity contribution is 5.85. The molecule has 0 N–H and O–H groups in total. The van der Waals surface area contributed by atoms with Gasteiger partial charge in [0.25, 0.3) is 0 Å².